The zero-order valence-electron chi connectivity index (χ0n) is 6.63. The molecule has 0 saturated heterocycles. The third-order valence-corrected chi connectivity index (χ3v) is 1.22. The van der Waals surface area contributed by atoms with Gasteiger partial charge >= 0.3 is 21.7 Å². The van der Waals surface area contributed by atoms with Crippen LogP contribution in [0.2, 0.25) is 0 Å². The molecule has 0 atom stereocenters. The van der Waals surface area contributed by atoms with E-state index in [4.69, 9.17) is 0 Å². The molecule has 0 aliphatic carbocycles. The molecule has 0 spiro atoms. The van der Waals surface area contributed by atoms with Crippen molar-refractivity contribution in [2.45, 2.75) is 13.8 Å². The number of benzene rings is 1. The maximum Gasteiger partial charge on any atom is 4.00 e. The summed E-state index contributed by atoms with van der Waals surface area (Å²) in [5.41, 5.74) is 2.66. The summed E-state index contributed by atoms with van der Waals surface area (Å²) in [5.74, 6) is 0. The van der Waals surface area contributed by atoms with Crippen LogP contribution < -0.4 is 0 Å². The fourth-order valence-electron chi connectivity index (χ4n) is 0.637. The van der Waals surface area contributed by atoms with Gasteiger partial charge < -0.3 is 11.0 Å². The maximum absolute atomic E-state index is 2.12. The predicted octanol–water partition coefficient (Wildman–Crippen LogP) is 2.06. The van der Waals surface area contributed by atoms with Gasteiger partial charge in [0.2, 0.25) is 0 Å². The standard InChI is InChI=1S/C8H10.2O.Ti/c1-7-3-5-8(2)6-4-7;;;/h3-6H,1-2H3;;;/q;2*-2;+4. The average Bonchev–Trinajstić information content (AvgIpc) is 1.77. The Bertz CT molecular complexity index is 151. The molecule has 0 aliphatic heterocycles. The first kappa shape index (κ1) is 17.1. The quantitative estimate of drug-likeness (QED) is 0.557. The van der Waals surface area contributed by atoms with Gasteiger partial charge in [-0.15, -0.1) is 0 Å². The van der Waals surface area contributed by atoms with Crippen LogP contribution in [-0.4, -0.2) is 0 Å². The third kappa shape index (κ3) is 6.26. The Kier molecular flexibility index (Phi) is 12.4. The molecule has 0 heterocycles. The largest absolute Gasteiger partial charge is 4.00 e. The molecule has 0 radical (unpaired) electrons. The summed E-state index contributed by atoms with van der Waals surface area (Å²) < 4.78 is 0. The Morgan fingerprint density at radius 2 is 0.909 bits per heavy atom. The third-order valence-electron chi connectivity index (χ3n) is 1.22. The van der Waals surface area contributed by atoms with Crippen LogP contribution in [0.1, 0.15) is 11.1 Å². The van der Waals surface area contributed by atoms with Gasteiger partial charge in [0.05, 0.1) is 0 Å². The Hall–Kier alpha value is -0.146. The summed E-state index contributed by atoms with van der Waals surface area (Å²) in [6, 6.07) is 8.48. The number of hydrogen-bond acceptors (Lipinski definition) is 0. The Balaban J connectivity index is -0.000000213. The van der Waals surface area contributed by atoms with Gasteiger partial charge in [0, 0.05) is 0 Å². The fourth-order valence-corrected chi connectivity index (χ4v) is 0.637. The van der Waals surface area contributed by atoms with Crippen LogP contribution in [-0.2, 0) is 32.7 Å². The molecule has 3 heteroatoms. The molecule has 11 heavy (non-hydrogen) atoms. The smallest absolute Gasteiger partial charge is 2.00 e. The van der Waals surface area contributed by atoms with Crippen molar-refractivity contribution < 1.29 is 32.7 Å². The minimum atomic E-state index is 0. The zero-order valence-corrected chi connectivity index (χ0v) is 8.19. The number of hydrogen-bond donors (Lipinski definition) is 0. The van der Waals surface area contributed by atoms with Gasteiger partial charge in [0.1, 0.15) is 0 Å². The molecule has 1 rings (SSSR count). The van der Waals surface area contributed by atoms with Crippen molar-refractivity contribution in [1.82, 2.24) is 0 Å². The zero-order chi connectivity index (χ0) is 5.98. The van der Waals surface area contributed by atoms with Crippen LogP contribution in [0, 0.1) is 13.8 Å². The molecular formula is C8H10O2Ti. The van der Waals surface area contributed by atoms with Crippen molar-refractivity contribution in [1.29, 1.82) is 0 Å². The molecule has 58 valence electrons. The van der Waals surface area contributed by atoms with Crippen LogP contribution in [0.15, 0.2) is 24.3 Å². The number of rotatable bonds is 0. The van der Waals surface area contributed by atoms with E-state index in [2.05, 4.69) is 38.1 Å². The van der Waals surface area contributed by atoms with Crippen molar-refractivity contribution in [3.63, 3.8) is 0 Å². The summed E-state index contributed by atoms with van der Waals surface area (Å²) in [6.07, 6.45) is 0. The van der Waals surface area contributed by atoms with Gasteiger partial charge in [-0.05, 0) is 13.8 Å². The molecule has 0 fully saturated rings. The number of aryl methyl sites for hydroxylation is 2. The van der Waals surface area contributed by atoms with Gasteiger partial charge in [-0.3, -0.25) is 0 Å². The van der Waals surface area contributed by atoms with E-state index in [0.29, 0.717) is 0 Å². The summed E-state index contributed by atoms with van der Waals surface area (Å²) >= 11 is 0. The van der Waals surface area contributed by atoms with Crippen LogP contribution in [0.3, 0.4) is 0 Å². The van der Waals surface area contributed by atoms with Gasteiger partial charge in [-0.1, -0.05) is 35.4 Å². The molecule has 0 aliphatic rings. The normalized spacial score (nSPS) is 6.73. The summed E-state index contributed by atoms with van der Waals surface area (Å²) in [6.45, 7) is 4.19. The van der Waals surface area contributed by atoms with Crippen molar-refractivity contribution in [3.8, 4) is 0 Å². The van der Waals surface area contributed by atoms with E-state index < -0.39 is 0 Å². The SMILES string of the molecule is Cc1ccc(C)cc1.[O-2].[O-2].[Ti+4]. The summed E-state index contributed by atoms with van der Waals surface area (Å²) in [5, 5.41) is 0. The minimum absolute atomic E-state index is 0. The second-order valence-electron chi connectivity index (χ2n) is 2.15. The Labute approximate surface area is 82.1 Å². The first-order valence-electron chi connectivity index (χ1n) is 2.82. The molecule has 0 saturated carbocycles. The minimum Gasteiger partial charge on any atom is -2.00 e. The molecule has 1 aromatic carbocycles. The van der Waals surface area contributed by atoms with Crippen molar-refractivity contribution in [2.75, 3.05) is 0 Å². The van der Waals surface area contributed by atoms with Gasteiger partial charge in [0.25, 0.3) is 0 Å². The second kappa shape index (κ2) is 7.96. The molecular weight excluding hydrogens is 176 g/mol. The van der Waals surface area contributed by atoms with Gasteiger partial charge in [0.15, 0.2) is 0 Å². The Morgan fingerprint density at radius 1 is 0.727 bits per heavy atom. The molecule has 0 unspecified atom stereocenters. The van der Waals surface area contributed by atoms with E-state index in [-0.39, 0.29) is 32.7 Å². The van der Waals surface area contributed by atoms with E-state index >= 15 is 0 Å². The van der Waals surface area contributed by atoms with Crippen molar-refractivity contribution >= 4 is 0 Å². The topological polar surface area (TPSA) is 57.0 Å². The fraction of sp³-hybridized carbons (Fsp3) is 0.250. The van der Waals surface area contributed by atoms with E-state index in [1.807, 2.05) is 0 Å². The molecule has 1 aromatic rings. The molecule has 2 nitrogen and oxygen atoms in total. The van der Waals surface area contributed by atoms with Gasteiger partial charge in [-0.25, -0.2) is 0 Å². The second-order valence-corrected chi connectivity index (χ2v) is 2.15. The van der Waals surface area contributed by atoms with Crippen LogP contribution in [0.4, 0.5) is 0 Å². The van der Waals surface area contributed by atoms with E-state index in [9.17, 15) is 0 Å². The van der Waals surface area contributed by atoms with E-state index in [0.717, 1.165) is 0 Å². The van der Waals surface area contributed by atoms with Crippen LogP contribution in [0.25, 0.3) is 0 Å². The first-order chi connectivity index (χ1) is 3.79. The average molecular weight is 186 g/mol. The van der Waals surface area contributed by atoms with Crippen molar-refractivity contribution in [2.24, 2.45) is 0 Å². The van der Waals surface area contributed by atoms with Gasteiger partial charge in [-0.2, -0.15) is 0 Å². The molecule has 0 bridgehead atoms. The summed E-state index contributed by atoms with van der Waals surface area (Å²) in [7, 11) is 0. The monoisotopic (exact) mass is 186 g/mol. The van der Waals surface area contributed by atoms with E-state index in [1.165, 1.54) is 11.1 Å². The van der Waals surface area contributed by atoms with Crippen molar-refractivity contribution in [3.05, 3.63) is 35.4 Å². The maximum atomic E-state index is 2.12. The van der Waals surface area contributed by atoms with E-state index in [1.54, 1.807) is 0 Å². The molecule has 0 aromatic heterocycles. The summed E-state index contributed by atoms with van der Waals surface area (Å²) in [4.78, 5) is 0. The van der Waals surface area contributed by atoms with Crippen LogP contribution >= 0.6 is 0 Å². The molecule has 0 amide bonds. The van der Waals surface area contributed by atoms with Crippen LogP contribution in [0.5, 0.6) is 0 Å². The molecule has 0 N–H and O–H groups in total. The predicted molar refractivity (Wildman–Crippen MR) is 37.3 cm³/mol. The first-order valence-corrected chi connectivity index (χ1v) is 2.82. The Morgan fingerprint density at radius 3 is 1.09 bits per heavy atom.